The van der Waals surface area contributed by atoms with Crippen LogP contribution in [0.15, 0.2) is 27.5 Å². The highest BCUT2D eigenvalue weighted by molar-refractivity contribution is 8.14. The monoisotopic (exact) mass is 260 g/mol. The predicted molar refractivity (Wildman–Crippen MR) is 62.8 cm³/mol. The largest absolute Gasteiger partial charge is 0.333 e. The number of halogens is 1. The molecule has 4 nitrogen and oxygen atoms in total. The number of sulfonamides is 1. The molecular weight excluding hydrogens is 251 g/mol. The van der Waals surface area contributed by atoms with Crippen molar-refractivity contribution in [1.82, 2.24) is 0 Å². The van der Waals surface area contributed by atoms with Crippen LogP contribution in [0, 0.1) is 5.82 Å². The highest BCUT2D eigenvalue weighted by atomic mass is 32.2. The summed E-state index contributed by atoms with van der Waals surface area (Å²) in [6.07, 6.45) is 0. The zero-order chi connectivity index (χ0) is 11.8. The van der Waals surface area contributed by atoms with E-state index in [-0.39, 0.29) is 4.90 Å². The predicted octanol–water partition coefficient (Wildman–Crippen LogP) is 2.05. The second-order valence-electron chi connectivity index (χ2n) is 3.07. The second kappa shape index (κ2) is 4.06. The van der Waals surface area contributed by atoms with Gasteiger partial charge in [0.2, 0.25) is 0 Å². The van der Waals surface area contributed by atoms with Crippen LogP contribution in [-0.4, -0.2) is 19.3 Å². The van der Waals surface area contributed by atoms with Gasteiger partial charge in [0.05, 0.1) is 5.69 Å². The summed E-state index contributed by atoms with van der Waals surface area (Å²) in [5, 5.41) is 3.17. The number of hydrogen-bond donors (Lipinski definition) is 1. The molecule has 2 rings (SSSR count). The molecule has 7 heteroatoms. The molecule has 0 amide bonds. The van der Waals surface area contributed by atoms with Gasteiger partial charge in [0.25, 0.3) is 10.0 Å². The summed E-state index contributed by atoms with van der Waals surface area (Å²) >= 11 is 1.29. The average Bonchev–Trinajstić information content (AvgIpc) is 2.19. The zero-order valence-electron chi connectivity index (χ0n) is 8.40. The Morgan fingerprint density at radius 2 is 2.25 bits per heavy atom. The third-order valence-electron chi connectivity index (χ3n) is 1.95. The topological polar surface area (TPSA) is 58.5 Å². The SMILES string of the molecule is CCSC1=NS(=O)(=O)c2cc(F)ccc2N1. The van der Waals surface area contributed by atoms with E-state index < -0.39 is 15.8 Å². The van der Waals surface area contributed by atoms with Crippen LogP contribution in [0.4, 0.5) is 10.1 Å². The van der Waals surface area contributed by atoms with Gasteiger partial charge in [0, 0.05) is 0 Å². The van der Waals surface area contributed by atoms with Crippen LogP contribution < -0.4 is 5.32 Å². The van der Waals surface area contributed by atoms with Crippen molar-refractivity contribution in [2.24, 2.45) is 4.40 Å². The van der Waals surface area contributed by atoms with Crippen LogP contribution in [0.25, 0.3) is 0 Å². The van der Waals surface area contributed by atoms with E-state index in [2.05, 4.69) is 9.71 Å². The number of rotatable bonds is 1. The zero-order valence-corrected chi connectivity index (χ0v) is 10.0. The Balaban J connectivity index is 2.53. The van der Waals surface area contributed by atoms with Gasteiger partial charge >= 0.3 is 0 Å². The van der Waals surface area contributed by atoms with Gasteiger partial charge < -0.3 is 5.32 Å². The van der Waals surface area contributed by atoms with Gasteiger partial charge in [0.15, 0.2) is 5.17 Å². The number of fused-ring (bicyclic) bond motifs is 1. The molecule has 0 radical (unpaired) electrons. The van der Waals surface area contributed by atoms with E-state index in [4.69, 9.17) is 0 Å². The molecule has 0 atom stereocenters. The summed E-state index contributed by atoms with van der Waals surface area (Å²) < 4.78 is 39.9. The molecule has 1 aromatic rings. The first kappa shape index (κ1) is 11.4. The van der Waals surface area contributed by atoms with E-state index in [9.17, 15) is 12.8 Å². The fourth-order valence-electron chi connectivity index (χ4n) is 1.31. The molecule has 0 aliphatic carbocycles. The maximum atomic E-state index is 12.9. The average molecular weight is 260 g/mol. The van der Waals surface area contributed by atoms with Crippen molar-refractivity contribution in [3.05, 3.63) is 24.0 Å². The Kier molecular flexibility index (Phi) is 2.90. The lowest BCUT2D eigenvalue weighted by molar-refractivity contribution is 0.592. The lowest BCUT2D eigenvalue weighted by Crippen LogP contribution is -2.19. The Labute approximate surface area is 97.0 Å². The van der Waals surface area contributed by atoms with Crippen LogP contribution in [0.5, 0.6) is 0 Å². The lowest BCUT2D eigenvalue weighted by atomic mass is 10.3. The van der Waals surface area contributed by atoms with Crippen molar-refractivity contribution >= 4 is 32.6 Å². The number of benzene rings is 1. The van der Waals surface area contributed by atoms with E-state index >= 15 is 0 Å². The molecule has 0 spiro atoms. The van der Waals surface area contributed by atoms with Crippen LogP contribution in [0.1, 0.15) is 6.92 Å². The Morgan fingerprint density at radius 3 is 2.94 bits per heavy atom. The van der Waals surface area contributed by atoms with Crippen LogP contribution in [0.3, 0.4) is 0 Å². The van der Waals surface area contributed by atoms with Crippen LogP contribution >= 0.6 is 11.8 Å². The number of nitrogens with zero attached hydrogens (tertiary/aromatic N) is 1. The summed E-state index contributed by atoms with van der Waals surface area (Å²) in [5.74, 6) is 0.114. The normalized spacial score (nSPS) is 17.2. The Bertz CT molecular complexity index is 555. The summed E-state index contributed by atoms with van der Waals surface area (Å²) in [7, 11) is -3.77. The molecule has 1 aliphatic rings. The van der Waals surface area contributed by atoms with E-state index in [0.29, 0.717) is 16.6 Å². The van der Waals surface area contributed by atoms with Gasteiger partial charge in [0.1, 0.15) is 10.7 Å². The quantitative estimate of drug-likeness (QED) is 0.839. The van der Waals surface area contributed by atoms with Crippen molar-refractivity contribution in [3.63, 3.8) is 0 Å². The van der Waals surface area contributed by atoms with Crippen molar-refractivity contribution in [3.8, 4) is 0 Å². The number of thioether (sulfide) groups is 1. The molecule has 0 saturated heterocycles. The van der Waals surface area contributed by atoms with Crippen molar-refractivity contribution < 1.29 is 12.8 Å². The van der Waals surface area contributed by atoms with Crippen LogP contribution in [-0.2, 0) is 10.0 Å². The van der Waals surface area contributed by atoms with Gasteiger partial charge in [-0.3, -0.25) is 0 Å². The molecule has 0 bridgehead atoms. The van der Waals surface area contributed by atoms with E-state index in [1.165, 1.54) is 23.9 Å². The Hall–Kier alpha value is -1.08. The fourth-order valence-corrected chi connectivity index (χ4v) is 3.29. The minimum absolute atomic E-state index is 0.118. The smallest absolute Gasteiger partial charge is 0.286 e. The molecule has 0 saturated carbocycles. The standard InChI is InChI=1S/C9H9FN2O2S2/c1-2-15-9-11-7-4-3-6(10)5-8(7)16(13,14)12-9/h3-5H,2H2,1H3,(H,11,12). The number of nitrogens with one attached hydrogen (secondary N) is 1. The molecule has 1 aromatic carbocycles. The third-order valence-corrected chi connectivity index (χ3v) is 4.13. The van der Waals surface area contributed by atoms with Gasteiger partial charge in [-0.15, -0.1) is 4.40 Å². The molecule has 0 fully saturated rings. The maximum absolute atomic E-state index is 12.9. The summed E-state index contributed by atoms with van der Waals surface area (Å²) in [5.41, 5.74) is 0.368. The fraction of sp³-hybridized carbons (Fsp3) is 0.222. The van der Waals surface area contributed by atoms with Crippen molar-refractivity contribution in [2.75, 3.05) is 11.1 Å². The molecule has 1 aliphatic heterocycles. The third kappa shape index (κ3) is 2.05. The second-order valence-corrected chi connectivity index (χ2v) is 5.90. The maximum Gasteiger partial charge on any atom is 0.286 e. The van der Waals surface area contributed by atoms with E-state index in [1.807, 2.05) is 6.92 Å². The molecular formula is C9H9FN2O2S2. The highest BCUT2D eigenvalue weighted by Gasteiger charge is 2.25. The van der Waals surface area contributed by atoms with Crippen LogP contribution in [0.2, 0.25) is 0 Å². The minimum Gasteiger partial charge on any atom is -0.333 e. The number of amidine groups is 1. The molecule has 1 heterocycles. The molecule has 0 unspecified atom stereocenters. The summed E-state index contributed by atoms with van der Waals surface area (Å²) in [6.45, 7) is 1.89. The molecule has 86 valence electrons. The molecule has 0 aromatic heterocycles. The van der Waals surface area contributed by atoms with Crippen molar-refractivity contribution in [2.45, 2.75) is 11.8 Å². The summed E-state index contributed by atoms with van der Waals surface area (Å²) in [6, 6.07) is 3.57. The number of hydrogen-bond acceptors (Lipinski definition) is 4. The lowest BCUT2D eigenvalue weighted by Gasteiger charge is -2.16. The van der Waals surface area contributed by atoms with Crippen molar-refractivity contribution in [1.29, 1.82) is 0 Å². The molecule has 16 heavy (non-hydrogen) atoms. The minimum atomic E-state index is -3.77. The van der Waals surface area contributed by atoms with Gasteiger partial charge in [-0.25, -0.2) is 4.39 Å². The number of anilines is 1. The molecule has 1 N–H and O–H groups in total. The van der Waals surface area contributed by atoms with E-state index in [1.54, 1.807) is 0 Å². The van der Waals surface area contributed by atoms with Gasteiger partial charge in [-0.05, 0) is 24.0 Å². The van der Waals surface area contributed by atoms with Gasteiger partial charge in [-0.2, -0.15) is 8.42 Å². The van der Waals surface area contributed by atoms with E-state index in [0.717, 1.165) is 6.07 Å². The van der Waals surface area contributed by atoms with Gasteiger partial charge in [-0.1, -0.05) is 18.7 Å². The highest BCUT2D eigenvalue weighted by Crippen LogP contribution is 2.29. The first-order chi connectivity index (χ1) is 7.53. The first-order valence-corrected chi connectivity index (χ1v) is 7.00. The first-order valence-electron chi connectivity index (χ1n) is 4.57. The Morgan fingerprint density at radius 1 is 1.50 bits per heavy atom. The summed E-state index contributed by atoms with van der Waals surface area (Å²) in [4.78, 5) is -0.118.